The summed E-state index contributed by atoms with van der Waals surface area (Å²) in [5.41, 5.74) is 0.170. The van der Waals surface area contributed by atoms with Crippen molar-refractivity contribution in [2.24, 2.45) is 5.14 Å². The largest absolute Gasteiger partial charge is 0.350 e. The molecule has 1 saturated carbocycles. The number of carbonyl (C=O) groups is 2. The van der Waals surface area contributed by atoms with Gasteiger partial charge < -0.3 is 10.2 Å². The number of nitrogens with zero attached hydrogens (tertiary/aromatic N) is 1. The summed E-state index contributed by atoms with van der Waals surface area (Å²) < 4.78 is 22.7. The van der Waals surface area contributed by atoms with E-state index in [1.807, 2.05) is 0 Å². The third kappa shape index (κ3) is 3.26. The Kier molecular flexibility index (Phi) is 4.54. The molecule has 2 aliphatic rings. The van der Waals surface area contributed by atoms with Crippen molar-refractivity contribution in [1.82, 2.24) is 10.2 Å². The van der Waals surface area contributed by atoms with Gasteiger partial charge in [-0.2, -0.15) is 0 Å². The SMILES string of the molecule is NS(=O)(=O)c1ccc(C(=O)N2CC(=O)NC3CCCCC32)c(Cl)c1. The maximum absolute atomic E-state index is 12.9. The highest BCUT2D eigenvalue weighted by Crippen LogP contribution is 2.29. The normalized spacial score (nSPS) is 24.2. The summed E-state index contributed by atoms with van der Waals surface area (Å²) in [6.07, 6.45) is 3.69. The van der Waals surface area contributed by atoms with E-state index in [1.54, 1.807) is 4.90 Å². The minimum absolute atomic E-state index is 0.00451. The van der Waals surface area contributed by atoms with E-state index in [-0.39, 0.29) is 45.9 Å². The molecule has 1 saturated heterocycles. The highest BCUT2D eigenvalue weighted by Gasteiger charge is 2.39. The topological polar surface area (TPSA) is 110 Å². The zero-order chi connectivity index (χ0) is 17.5. The number of nitrogens with two attached hydrogens (primary N) is 1. The second-order valence-corrected chi connectivity index (χ2v) is 8.11. The molecule has 0 spiro atoms. The number of piperazine rings is 1. The average Bonchev–Trinajstić information content (AvgIpc) is 2.52. The minimum Gasteiger partial charge on any atom is -0.350 e. The molecule has 2 unspecified atom stereocenters. The van der Waals surface area contributed by atoms with Crippen LogP contribution in [0, 0.1) is 0 Å². The molecule has 2 amide bonds. The van der Waals surface area contributed by atoms with Crippen LogP contribution in [0.2, 0.25) is 5.02 Å². The van der Waals surface area contributed by atoms with Crippen molar-refractivity contribution in [2.75, 3.05) is 6.54 Å². The van der Waals surface area contributed by atoms with Crippen LogP contribution in [0.1, 0.15) is 36.0 Å². The number of halogens is 1. The van der Waals surface area contributed by atoms with Crippen LogP contribution in [0.3, 0.4) is 0 Å². The number of rotatable bonds is 2. The van der Waals surface area contributed by atoms with Gasteiger partial charge in [0.2, 0.25) is 15.9 Å². The molecule has 1 heterocycles. The number of hydrogen-bond acceptors (Lipinski definition) is 4. The lowest BCUT2D eigenvalue weighted by molar-refractivity contribution is -0.127. The number of amides is 2. The molecule has 24 heavy (non-hydrogen) atoms. The van der Waals surface area contributed by atoms with Gasteiger partial charge in [-0.25, -0.2) is 13.6 Å². The first-order valence-corrected chi connectivity index (χ1v) is 9.62. The van der Waals surface area contributed by atoms with E-state index in [0.29, 0.717) is 0 Å². The van der Waals surface area contributed by atoms with Crippen molar-refractivity contribution >= 4 is 33.4 Å². The monoisotopic (exact) mass is 371 g/mol. The van der Waals surface area contributed by atoms with Crippen molar-refractivity contribution < 1.29 is 18.0 Å². The molecule has 3 rings (SSSR count). The van der Waals surface area contributed by atoms with E-state index < -0.39 is 10.0 Å². The predicted molar refractivity (Wildman–Crippen MR) is 88.0 cm³/mol. The number of fused-ring (bicyclic) bond motifs is 1. The van der Waals surface area contributed by atoms with Gasteiger partial charge in [-0.1, -0.05) is 24.4 Å². The third-order valence-electron chi connectivity index (χ3n) is 4.55. The molecule has 9 heteroatoms. The van der Waals surface area contributed by atoms with Gasteiger partial charge in [-0.15, -0.1) is 0 Å². The fourth-order valence-corrected chi connectivity index (χ4v) is 4.27. The highest BCUT2D eigenvalue weighted by molar-refractivity contribution is 7.89. The number of hydrogen-bond donors (Lipinski definition) is 2. The molecule has 130 valence electrons. The molecule has 7 nitrogen and oxygen atoms in total. The van der Waals surface area contributed by atoms with Gasteiger partial charge in [0.25, 0.3) is 5.91 Å². The zero-order valence-corrected chi connectivity index (χ0v) is 14.4. The quantitative estimate of drug-likeness (QED) is 0.803. The van der Waals surface area contributed by atoms with Crippen LogP contribution in [0.25, 0.3) is 0 Å². The molecular formula is C15H18ClN3O4S. The Bertz CT molecular complexity index is 796. The lowest BCUT2D eigenvalue weighted by atomic mass is 9.87. The van der Waals surface area contributed by atoms with Gasteiger partial charge in [0.05, 0.1) is 21.5 Å². The molecule has 1 aromatic carbocycles. The van der Waals surface area contributed by atoms with E-state index in [4.69, 9.17) is 16.7 Å². The van der Waals surface area contributed by atoms with Gasteiger partial charge in [0, 0.05) is 6.04 Å². The summed E-state index contributed by atoms with van der Waals surface area (Å²) in [4.78, 5) is 26.1. The maximum Gasteiger partial charge on any atom is 0.256 e. The maximum atomic E-state index is 12.9. The Hall–Kier alpha value is -1.64. The Labute approximate surface area is 145 Å². The lowest BCUT2D eigenvalue weighted by Crippen LogP contribution is -2.62. The van der Waals surface area contributed by atoms with Gasteiger partial charge in [-0.3, -0.25) is 9.59 Å². The molecule has 3 N–H and O–H groups in total. The van der Waals surface area contributed by atoms with E-state index in [2.05, 4.69) is 5.32 Å². The van der Waals surface area contributed by atoms with E-state index in [9.17, 15) is 18.0 Å². The van der Waals surface area contributed by atoms with Crippen LogP contribution in [-0.4, -0.2) is 43.8 Å². The Morgan fingerprint density at radius 2 is 2.00 bits per heavy atom. The average molecular weight is 372 g/mol. The number of primary sulfonamides is 1. The fraction of sp³-hybridized carbons (Fsp3) is 0.467. The van der Waals surface area contributed by atoms with Crippen molar-refractivity contribution in [1.29, 1.82) is 0 Å². The zero-order valence-electron chi connectivity index (χ0n) is 12.9. The van der Waals surface area contributed by atoms with Gasteiger partial charge in [0.1, 0.15) is 6.54 Å². The van der Waals surface area contributed by atoms with Crippen LogP contribution in [0.4, 0.5) is 0 Å². The first-order chi connectivity index (χ1) is 11.3. The highest BCUT2D eigenvalue weighted by atomic mass is 35.5. The number of benzene rings is 1. The molecule has 2 atom stereocenters. The standard InChI is InChI=1S/C15H18ClN3O4S/c16-11-7-9(24(17,22)23)5-6-10(11)15(21)19-8-14(20)18-12-3-1-2-4-13(12)19/h5-7,12-13H,1-4,8H2,(H,18,20)(H2,17,22,23). The Balaban J connectivity index is 1.91. The van der Waals surface area contributed by atoms with Crippen molar-refractivity contribution in [3.63, 3.8) is 0 Å². The van der Waals surface area contributed by atoms with Crippen LogP contribution in [0.15, 0.2) is 23.1 Å². The van der Waals surface area contributed by atoms with Crippen molar-refractivity contribution in [3.8, 4) is 0 Å². The summed E-state index contributed by atoms with van der Waals surface area (Å²) in [5.74, 6) is -0.559. The summed E-state index contributed by atoms with van der Waals surface area (Å²) in [7, 11) is -3.89. The summed E-state index contributed by atoms with van der Waals surface area (Å²) in [6, 6.07) is 3.65. The second kappa shape index (κ2) is 6.34. The minimum atomic E-state index is -3.89. The summed E-state index contributed by atoms with van der Waals surface area (Å²) >= 11 is 6.09. The second-order valence-electron chi connectivity index (χ2n) is 6.15. The summed E-state index contributed by atoms with van der Waals surface area (Å²) in [5, 5.41) is 8.01. The van der Waals surface area contributed by atoms with Crippen LogP contribution < -0.4 is 10.5 Å². The molecule has 1 aliphatic heterocycles. The molecule has 0 radical (unpaired) electrons. The van der Waals surface area contributed by atoms with E-state index in [1.165, 1.54) is 12.1 Å². The fourth-order valence-electron chi connectivity index (χ4n) is 3.40. The first-order valence-electron chi connectivity index (χ1n) is 7.70. The van der Waals surface area contributed by atoms with Gasteiger partial charge in [0.15, 0.2) is 0 Å². The summed E-state index contributed by atoms with van der Waals surface area (Å²) in [6.45, 7) is -0.0206. The molecule has 0 aromatic heterocycles. The number of nitrogens with one attached hydrogen (secondary N) is 1. The third-order valence-corrected chi connectivity index (χ3v) is 5.77. The van der Waals surface area contributed by atoms with Crippen LogP contribution in [-0.2, 0) is 14.8 Å². The van der Waals surface area contributed by atoms with Gasteiger partial charge >= 0.3 is 0 Å². The molecule has 2 fully saturated rings. The number of carbonyl (C=O) groups excluding carboxylic acids is 2. The van der Waals surface area contributed by atoms with E-state index in [0.717, 1.165) is 31.7 Å². The van der Waals surface area contributed by atoms with Crippen LogP contribution >= 0.6 is 11.6 Å². The molecule has 0 bridgehead atoms. The molecule has 1 aliphatic carbocycles. The lowest BCUT2D eigenvalue weighted by Gasteiger charge is -2.44. The Morgan fingerprint density at radius 3 is 2.67 bits per heavy atom. The predicted octanol–water partition coefficient (Wildman–Crippen LogP) is 0.871. The molecule has 1 aromatic rings. The Morgan fingerprint density at radius 1 is 1.29 bits per heavy atom. The first kappa shape index (κ1) is 17.2. The smallest absolute Gasteiger partial charge is 0.256 e. The molecular weight excluding hydrogens is 354 g/mol. The van der Waals surface area contributed by atoms with Crippen molar-refractivity contribution in [3.05, 3.63) is 28.8 Å². The number of sulfonamides is 1. The van der Waals surface area contributed by atoms with Crippen LogP contribution in [0.5, 0.6) is 0 Å². The van der Waals surface area contributed by atoms with E-state index >= 15 is 0 Å². The van der Waals surface area contributed by atoms with Gasteiger partial charge in [-0.05, 0) is 31.0 Å². The van der Waals surface area contributed by atoms with Crippen molar-refractivity contribution in [2.45, 2.75) is 42.7 Å².